The van der Waals surface area contributed by atoms with Gasteiger partial charge in [-0.25, -0.2) is 0 Å². The number of pyridine rings is 1. The Morgan fingerprint density at radius 3 is 2.40 bits per heavy atom. The first-order valence-corrected chi connectivity index (χ1v) is 6.11. The summed E-state index contributed by atoms with van der Waals surface area (Å²) >= 11 is 6.98. The van der Waals surface area contributed by atoms with Gasteiger partial charge in [0.25, 0.3) is 0 Å². The Morgan fingerprint density at radius 1 is 1.13 bits per heavy atom. The molecule has 0 unspecified atom stereocenters. The number of hydrogen-bond donors (Lipinski definition) is 1. The second kappa shape index (κ2) is 3.76. The fourth-order valence-corrected chi connectivity index (χ4v) is 2.49. The fraction of sp³-hybridized carbons (Fsp3) is 0.182. The lowest BCUT2D eigenvalue weighted by molar-refractivity contribution is 1.19. The molecule has 0 spiro atoms. The molecule has 15 heavy (non-hydrogen) atoms. The summed E-state index contributed by atoms with van der Waals surface area (Å²) in [5, 5.41) is 0.979. The normalized spacial score (nSPS) is 10.9. The summed E-state index contributed by atoms with van der Waals surface area (Å²) in [4.78, 5) is 4.54. The molecule has 0 bridgehead atoms. The van der Waals surface area contributed by atoms with Gasteiger partial charge in [-0.3, -0.25) is 4.98 Å². The monoisotopic (exact) mass is 328 g/mol. The van der Waals surface area contributed by atoms with Crippen LogP contribution in [0.3, 0.4) is 0 Å². The van der Waals surface area contributed by atoms with Crippen molar-refractivity contribution in [3.05, 3.63) is 32.3 Å². The van der Waals surface area contributed by atoms with Crippen molar-refractivity contribution < 1.29 is 0 Å². The van der Waals surface area contributed by atoms with Crippen molar-refractivity contribution >= 4 is 48.5 Å². The molecule has 0 fully saturated rings. The number of aromatic nitrogens is 1. The topological polar surface area (TPSA) is 38.9 Å². The van der Waals surface area contributed by atoms with Crippen LogP contribution in [0.5, 0.6) is 0 Å². The molecule has 1 aromatic carbocycles. The number of nitrogens with two attached hydrogens (primary N) is 1. The molecule has 0 saturated heterocycles. The third-order valence-electron chi connectivity index (χ3n) is 2.57. The van der Waals surface area contributed by atoms with E-state index in [4.69, 9.17) is 5.73 Å². The van der Waals surface area contributed by atoms with Crippen LogP contribution in [0.1, 0.15) is 11.3 Å². The Bertz CT molecular complexity index is 550. The Kier molecular flexibility index (Phi) is 2.73. The minimum atomic E-state index is 0.797. The minimum absolute atomic E-state index is 0.797. The zero-order valence-electron chi connectivity index (χ0n) is 8.44. The van der Waals surface area contributed by atoms with Crippen molar-refractivity contribution in [2.45, 2.75) is 13.8 Å². The van der Waals surface area contributed by atoms with Crippen molar-refractivity contribution in [2.24, 2.45) is 0 Å². The number of rotatable bonds is 0. The number of halogens is 2. The van der Waals surface area contributed by atoms with Crippen LogP contribution in [0.4, 0.5) is 5.69 Å². The highest BCUT2D eigenvalue weighted by atomic mass is 79.9. The van der Waals surface area contributed by atoms with Crippen LogP contribution < -0.4 is 5.73 Å². The smallest absolute Gasteiger partial charge is 0.0879 e. The average Bonchev–Trinajstić information content (AvgIpc) is 2.20. The van der Waals surface area contributed by atoms with E-state index < -0.39 is 0 Å². The molecule has 78 valence electrons. The Morgan fingerprint density at radius 2 is 1.73 bits per heavy atom. The molecular formula is C11H10Br2N2. The van der Waals surface area contributed by atoms with Gasteiger partial charge < -0.3 is 5.73 Å². The van der Waals surface area contributed by atoms with E-state index in [2.05, 4.69) is 36.8 Å². The Labute approximate surface area is 105 Å². The van der Waals surface area contributed by atoms with E-state index in [1.54, 1.807) is 0 Å². The van der Waals surface area contributed by atoms with Gasteiger partial charge in [0, 0.05) is 25.7 Å². The zero-order valence-corrected chi connectivity index (χ0v) is 11.6. The molecule has 0 amide bonds. The second-order valence-corrected chi connectivity index (χ2v) is 5.20. The maximum atomic E-state index is 6.10. The molecule has 2 nitrogen and oxygen atoms in total. The van der Waals surface area contributed by atoms with Gasteiger partial charge in [-0.15, -0.1) is 0 Å². The van der Waals surface area contributed by atoms with Crippen molar-refractivity contribution in [1.29, 1.82) is 0 Å². The number of hydrogen-bond acceptors (Lipinski definition) is 2. The molecule has 0 radical (unpaired) electrons. The first-order chi connectivity index (χ1) is 7.02. The number of benzene rings is 1. The molecule has 0 aliphatic rings. The number of anilines is 1. The van der Waals surface area contributed by atoms with Crippen LogP contribution in [0.15, 0.2) is 21.1 Å². The molecule has 0 aliphatic carbocycles. The number of nitrogen functional groups attached to an aromatic ring is 1. The number of fused-ring (bicyclic) bond motifs is 1. The minimum Gasteiger partial charge on any atom is -0.398 e. The summed E-state index contributed by atoms with van der Waals surface area (Å²) in [6.07, 6.45) is 0. The van der Waals surface area contributed by atoms with Gasteiger partial charge in [0.15, 0.2) is 0 Å². The van der Waals surface area contributed by atoms with E-state index in [9.17, 15) is 0 Å². The molecule has 2 rings (SSSR count). The summed E-state index contributed by atoms with van der Waals surface area (Å²) in [5.74, 6) is 0. The van der Waals surface area contributed by atoms with Gasteiger partial charge in [0.2, 0.25) is 0 Å². The molecule has 1 aromatic heterocycles. The van der Waals surface area contributed by atoms with Gasteiger partial charge in [0.05, 0.1) is 5.52 Å². The summed E-state index contributed by atoms with van der Waals surface area (Å²) < 4.78 is 1.95. The standard InChI is InChI=1S/C11H10Br2N2/c1-5-6(2)15-11-8(13)4-3-7(12)9(11)10(5)14/h3-4H,1-2H3,(H2,14,15). The maximum absolute atomic E-state index is 6.10. The van der Waals surface area contributed by atoms with Crippen LogP contribution in [-0.4, -0.2) is 4.98 Å². The van der Waals surface area contributed by atoms with Crippen molar-refractivity contribution in [2.75, 3.05) is 5.73 Å². The third kappa shape index (κ3) is 1.66. The molecule has 2 N–H and O–H groups in total. The first-order valence-electron chi connectivity index (χ1n) is 4.52. The van der Waals surface area contributed by atoms with E-state index in [0.717, 1.165) is 36.8 Å². The largest absolute Gasteiger partial charge is 0.398 e. The van der Waals surface area contributed by atoms with E-state index in [-0.39, 0.29) is 0 Å². The molecule has 4 heteroatoms. The van der Waals surface area contributed by atoms with Crippen LogP contribution in [0, 0.1) is 13.8 Å². The van der Waals surface area contributed by atoms with E-state index in [0.29, 0.717) is 0 Å². The maximum Gasteiger partial charge on any atom is 0.0879 e. The fourth-order valence-electron chi connectivity index (χ4n) is 1.54. The van der Waals surface area contributed by atoms with Gasteiger partial charge in [-0.1, -0.05) is 15.9 Å². The van der Waals surface area contributed by atoms with E-state index >= 15 is 0 Å². The first kappa shape index (κ1) is 10.9. The van der Waals surface area contributed by atoms with Crippen molar-refractivity contribution in [3.63, 3.8) is 0 Å². The van der Waals surface area contributed by atoms with Crippen LogP contribution in [0.2, 0.25) is 0 Å². The SMILES string of the molecule is Cc1nc2c(Br)ccc(Br)c2c(N)c1C. The van der Waals surface area contributed by atoms with Gasteiger partial charge in [0.1, 0.15) is 0 Å². The molecule has 1 heterocycles. The van der Waals surface area contributed by atoms with Crippen LogP contribution in [0.25, 0.3) is 10.9 Å². The molecular weight excluding hydrogens is 320 g/mol. The van der Waals surface area contributed by atoms with Gasteiger partial charge in [-0.2, -0.15) is 0 Å². The molecule has 0 saturated carbocycles. The number of nitrogens with zero attached hydrogens (tertiary/aromatic N) is 1. The summed E-state index contributed by atoms with van der Waals surface area (Å²) in [6.45, 7) is 3.96. The van der Waals surface area contributed by atoms with Gasteiger partial charge in [-0.05, 0) is 47.5 Å². The molecule has 0 aliphatic heterocycles. The third-order valence-corrected chi connectivity index (χ3v) is 3.87. The average molecular weight is 330 g/mol. The van der Waals surface area contributed by atoms with Crippen molar-refractivity contribution in [3.8, 4) is 0 Å². The summed E-state index contributed by atoms with van der Waals surface area (Å²) in [6, 6.07) is 3.94. The lowest BCUT2D eigenvalue weighted by atomic mass is 10.1. The molecule has 2 aromatic rings. The van der Waals surface area contributed by atoms with E-state index in [1.807, 2.05) is 26.0 Å². The lowest BCUT2D eigenvalue weighted by Gasteiger charge is -2.10. The predicted octanol–water partition coefficient (Wildman–Crippen LogP) is 3.96. The quantitative estimate of drug-likeness (QED) is 0.794. The van der Waals surface area contributed by atoms with Crippen LogP contribution in [-0.2, 0) is 0 Å². The van der Waals surface area contributed by atoms with E-state index in [1.165, 1.54) is 0 Å². The summed E-state index contributed by atoms with van der Waals surface area (Å²) in [5.41, 5.74) is 9.82. The van der Waals surface area contributed by atoms with Crippen molar-refractivity contribution in [1.82, 2.24) is 4.98 Å². The molecule has 0 atom stereocenters. The zero-order chi connectivity index (χ0) is 11.2. The van der Waals surface area contributed by atoms with Gasteiger partial charge >= 0.3 is 0 Å². The van der Waals surface area contributed by atoms with Crippen LogP contribution >= 0.6 is 31.9 Å². The Hall–Kier alpha value is -0.610. The lowest BCUT2D eigenvalue weighted by Crippen LogP contribution is -1.98. The summed E-state index contributed by atoms with van der Waals surface area (Å²) in [7, 11) is 0. The second-order valence-electron chi connectivity index (χ2n) is 3.49. The number of aryl methyl sites for hydroxylation is 1. The highest BCUT2D eigenvalue weighted by molar-refractivity contribution is 9.11. The highest BCUT2D eigenvalue weighted by Gasteiger charge is 2.11. The predicted molar refractivity (Wildman–Crippen MR) is 71.0 cm³/mol. The Balaban J connectivity index is 3.04. The highest BCUT2D eigenvalue weighted by Crippen LogP contribution is 2.35.